The minimum Gasteiger partial charge on any atom is -0.498 e. The van der Waals surface area contributed by atoms with Gasteiger partial charge in [-0.15, -0.1) is 0 Å². The van der Waals surface area contributed by atoms with Crippen LogP contribution in [0.4, 0.5) is 0 Å². The number of hydrogen-bond acceptors (Lipinski definition) is 5. The van der Waals surface area contributed by atoms with Crippen molar-refractivity contribution in [1.82, 2.24) is 0 Å². The van der Waals surface area contributed by atoms with Crippen LogP contribution in [0.5, 0.6) is 0 Å². The average molecular weight is 228 g/mol. The molecular weight excluding hydrogens is 212 g/mol. The van der Waals surface area contributed by atoms with E-state index < -0.39 is 6.10 Å². The fourth-order valence-corrected chi connectivity index (χ4v) is 1.52. The van der Waals surface area contributed by atoms with Crippen molar-refractivity contribution in [2.45, 2.75) is 33.0 Å². The molecule has 0 radical (unpaired) electrons. The molecule has 0 aromatic carbocycles. The van der Waals surface area contributed by atoms with Crippen LogP contribution in [0.3, 0.4) is 0 Å². The van der Waals surface area contributed by atoms with Gasteiger partial charge in [0, 0.05) is 13.8 Å². The zero-order valence-electron chi connectivity index (χ0n) is 9.64. The minimum absolute atomic E-state index is 0.159. The van der Waals surface area contributed by atoms with Gasteiger partial charge in [0.15, 0.2) is 0 Å². The van der Waals surface area contributed by atoms with Gasteiger partial charge >= 0.3 is 11.9 Å². The van der Waals surface area contributed by atoms with Gasteiger partial charge in [-0.25, -0.2) is 0 Å². The summed E-state index contributed by atoms with van der Waals surface area (Å²) in [5, 5.41) is 0. The van der Waals surface area contributed by atoms with Crippen LogP contribution >= 0.6 is 0 Å². The SMILES string of the molecule is CC(=O)OCC1C(C)OC=CC1OC(C)=O. The van der Waals surface area contributed by atoms with E-state index in [-0.39, 0.29) is 30.6 Å². The molecule has 1 aliphatic heterocycles. The highest BCUT2D eigenvalue weighted by molar-refractivity contribution is 5.66. The second-order valence-electron chi connectivity index (χ2n) is 3.71. The van der Waals surface area contributed by atoms with Crippen molar-refractivity contribution in [2.24, 2.45) is 5.92 Å². The van der Waals surface area contributed by atoms with Gasteiger partial charge in [0.1, 0.15) is 18.8 Å². The summed E-state index contributed by atoms with van der Waals surface area (Å²) >= 11 is 0. The van der Waals surface area contributed by atoms with Crippen LogP contribution in [0.2, 0.25) is 0 Å². The second-order valence-corrected chi connectivity index (χ2v) is 3.71. The number of hydrogen-bond donors (Lipinski definition) is 0. The molecule has 90 valence electrons. The van der Waals surface area contributed by atoms with Crippen LogP contribution in [0.15, 0.2) is 12.3 Å². The quantitative estimate of drug-likeness (QED) is 0.675. The molecular formula is C11H16O5. The molecule has 5 nitrogen and oxygen atoms in total. The third kappa shape index (κ3) is 3.56. The van der Waals surface area contributed by atoms with Gasteiger partial charge in [-0.05, 0) is 13.0 Å². The molecule has 0 aromatic rings. The molecule has 0 amide bonds. The Kier molecular flexibility index (Phi) is 4.34. The highest BCUT2D eigenvalue weighted by Gasteiger charge is 2.32. The first-order chi connectivity index (χ1) is 7.50. The van der Waals surface area contributed by atoms with Gasteiger partial charge in [0.25, 0.3) is 0 Å². The van der Waals surface area contributed by atoms with Gasteiger partial charge in [-0.3, -0.25) is 9.59 Å². The van der Waals surface area contributed by atoms with E-state index in [1.807, 2.05) is 6.92 Å². The average Bonchev–Trinajstić information content (AvgIpc) is 2.15. The molecule has 0 N–H and O–H groups in total. The maximum absolute atomic E-state index is 10.9. The highest BCUT2D eigenvalue weighted by Crippen LogP contribution is 2.22. The van der Waals surface area contributed by atoms with Gasteiger partial charge in [-0.1, -0.05) is 0 Å². The van der Waals surface area contributed by atoms with Gasteiger partial charge < -0.3 is 14.2 Å². The molecule has 0 saturated carbocycles. The summed E-state index contributed by atoms with van der Waals surface area (Å²) in [4.78, 5) is 21.6. The van der Waals surface area contributed by atoms with E-state index in [1.165, 1.54) is 20.1 Å². The Hall–Kier alpha value is -1.52. The number of esters is 2. The predicted octanol–water partition coefficient (Wildman–Crippen LogP) is 1.03. The Morgan fingerprint density at radius 1 is 1.31 bits per heavy atom. The fourth-order valence-electron chi connectivity index (χ4n) is 1.52. The van der Waals surface area contributed by atoms with Gasteiger partial charge in [0.05, 0.1) is 12.2 Å². The van der Waals surface area contributed by atoms with Crippen molar-refractivity contribution >= 4 is 11.9 Å². The maximum atomic E-state index is 10.9. The smallest absolute Gasteiger partial charge is 0.303 e. The standard InChI is InChI=1S/C11H16O5/c1-7-10(6-15-8(2)12)11(4-5-14-7)16-9(3)13/h4-5,7,10-11H,6H2,1-3H3. The van der Waals surface area contributed by atoms with Crippen molar-refractivity contribution in [1.29, 1.82) is 0 Å². The first-order valence-corrected chi connectivity index (χ1v) is 5.13. The van der Waals surface area contributed by atoms with E-state index in [1.54, 1.807) is 6.08 Å². The fraction of sp³-hybridized carbons (Fsp3) is 0.636. The number of carbonyl (C=O) groups excluding carboxylic acids is 2. The summed E-state index contributed by atoms with van der Waals surface area (Å²) < 4.78 is 15.3. The molecule has 0 aromatic heterocycles. The lowest BCUT2D eigenvalue weighted by atomic mass is 9.96. The molecule has 1 aliphatic rings. The molecule has 0 bridgehead atoms. The monoisotopic (exact) mass is 228 g/mol. The molecule has 1 heterocycles. The van der Waals surface area contributed by atoms with E-state index in [9.17, 15) is 9.59 Å². The Labute approximate surface area is 94.4 Å². The maximum Gasteiger partial charge on any atom is 0.303 e. The summed E-state index contributed by atoms with van der Waals surface area (Å²) in [6, 6.07) is 0. The molecule has 0 aliphatic carbocycles. The minimum atomic E-state index is -0.402. The first-order valence-electron chi connectivity index (χ1n) is 5.13. The number of carbonyl (C=O) groups is 2. The van der Waals surface area contributed by atoms with Crippen molar-refractivity contribution in [3.63, 3.8) is 0 Å². The van der Waals surface area contributed by atoms with Crippen LogP contribution in [0.1, 0.15) is 20.8 Å². The predicted molar refractivity (Wildman–Crippen MR) is 55.4 cm³/mol. The second kappa shape index (κ2) is 5.53. The molecule has 0 saturated heterocycles. The van der Waals surface area contributed by atoms with E-state index in [2.05, 4.69) is 0 Å². The molecule has 16 heavy (non-hydrogen) atoms. The van der Waals surface area contributed by atoms with Crippen molar-refractivity contribution in [3.05, 3.63) is 12.3 Å². The van der Waals surface area contributed by atoms with Crippen LogP contribution in [-0.2, 0) is 23.8 Å². The summed E-state index contributed by atoms with van der Waals surface area (Å²) in [6.07, 6.45) is 2.59. The molecule has 1 rings (SSSR count). The summed E-state index contributed by atoms with van der Waals surface area (Å²) in [6.45, 7) is 4.70. The third-order valence-electron chi connectivity index (χ3n) is 2.37. The van der Waals surface area contributed by atoms with E-state index in [4.69, 9.17) is 14.2 Å². The molecule has 3 unspecified atom stereocenters. The van der Waals surface area contributed by atoms with Crippen LogP contribution in [0.25, 0.3) is 0 Å². The zero-order chi connectivity index (χ0) is 12.1. The van der Waals surface area contributed by atoms with E-state index in [0.29, 0.717) is 0 Å². The Bertz CT molecular complexity index is 297. The van der Waals surface area contributed by atoms with Crippen molar-refractivity contribution in [2.75, 3.05) is 6.61 Å². The number of ether oxygens (including phenoxy) is 3. The number of rotatable bonds is 3. The lowest BCUT2D eigenvalue weighted by molar-refractivity contribution is -0.154. The lowest BCUT2D eigenvalue weighted by Crippen LogP contribution is -2.39. The summed E-state index contributed by atoms with van der Waals surface area (Å²) in [5.74, 6) is -0.891. The Morgan fingerprint density at radius 3 is 2.56 bits per heavy atom. The molecule has 3 atom stereocenters. The Balaban J connectivity index is 2.62. The van der Waals surface area contributed by atoms with Crippen LogP contribution < -0.4 is 0 Å². The first kappa shape index (κ1) is 12.5. The molecule has 0 fully saturated rings. The molecule has 0 spiro atoms. The van der Waals surface area contributed by atoms with Gasteiger partial charge in [0.2, 0.25) is 0 Å². The topological polar surface area (TPSA) is 61.8 Å². The normalized spacial score (nSPS) is 28.1. The van der Waals surface area contributed by atoms with Crippen LogP contribution in [-0.4, -0.2) is 30.8 Å². The van der Waals surface area contributed by atoms with Crippen molar-refractivity contribution in [3.8, 4) is 0 Å². The van der Waals surface area contributed by atoms with E-state index in [0.717, 1.165) is 0 Å². The lowest BCUT2D eigenvalue weighted by Gasteiger charge is -2.31. The zero-order valence-corrected chi connectivity index (χ0v) is 9.64. The summed E-state index contributed by atoms with van der Waals surface area (Å²) in [7, 11) is 0. The van der Waals surface area contributed by atoms with Crippen molar-refractivity contribution < 1.29 is 23.8 Å². The van der Waals surface area contributed by atoms with Gasteiger partial charge in [-0.2, -0.15) is 0 Å². The highest BCUT2D eigenvalue weighted by atomic mass is 16.6. The Morgan fingerprint density at radius 2 is 2.00 bits per heavy atom. The largest absolute Gasteiger partial charge is 0.498 e. The summed E-state index contributed by atoms with van der Waals surface area (Å²) in [5.41, 5.74) is 0. The third-order valence-corrected chi connectivity index (χ3v) is 2.37. The van der Waals surface area contributed by atoms with Crippen LogP contribution in [0, 0.1) is 5.92 Å². The van der Waals surface area contributed by atoms with E-state index >= 15 is 0 Å². The molecule has 5 heteroatoms.